The monoisotopic (exact) mass is 305 g/mol. The Morgan fingerprint density at radius 2 is 1.70 bits per heavy atom. The fraction of sp³-hybridized carbons (Fsp3) is 0.929. The number of aliphatic carboxylic acids is 1. The molecule has 0 bridgehead atoms. The fourth-order valence-corrected chi connectivity index (χ4v) is 4.23. The van der Waals surface area contributed by atoms with Crippen LogP contribution in [-0.2, 0) is 14.8 Å². The molecule has 0 atom stereocenters. The molecule has 0 aromatic heterocycles. The van der Waals surface area contributed by atoms with Crippen molar-refractivity contribution >= 4 is 16.0 Å². The smallest absolute Gasteiger partial charge is 0.303 e. The van der Waals surface area contributed by atoms with Gasteiger partial charge in [-0.25, -0.2) is 13.1 Å². The van der Waals surface area contributed by atoms with E-state index >= 15 is 0 Å². The largest absolute Gasteiger partial charge is 0.481 e. The second-order valence-electron chi connectivity index (χ2n) is 5.74. The molecule has 0 amide bonds. The van der Waals surface area contributed by atoms with E-state index < -0.39 is 16.0 Å². The summed E-state index contributed by atoms with van der Waals surface area (Å²) in [4.78, 5) is 10.3. The highest BCUT2D eigenvalue weighted by molar-refractivity contribution is 7.89. The van der Waals surface area contributed by atoms with Gasteiger partial charge in [-0.15, -0.1) is 0 Å². The lowest BCUT2D eigenvalue weighted by Crippen LogP contribution is -2.31. The lowest BCUT2D eigenvalue weighted by atomic mass is 9.91. The Morgan fingerprint density at radius 1 is 1.05 bits per heavy atom. The number of unbranched alkanes of at least 4 members (excludes halogenated alkanes) is 3. The van der Waals surface area contributed by atoms with Crippen molar-refractivity contribution in [3.8, 4) is 0 Å². The normalized spacial score (nSPS) is 17.2. The topological polar surface area (TPSA) is 83.5 Å². The average molecular weight is 305 g/mol. The molecule has 1 fully saturated rings. The molecule has 0 aromatic rings. The maximum Gasteiger partial charge on any atom is 0.303 e. The third kappa shape index (κ3) is 8.53. The van der Waals surface area contributed by atoms with Crippen LogP contribution in [0.3, 0.4) is 0 Å². The maximum absolute atomic E-state index is 11.9. The average Bonchev–Trinajstić information content (AvgIpc) is 2.37. The molecule has 20 heavy (non-hydrogen) atoms. The minimum atomic E-state index is -3.13. The van der Waals surface area contributed by atoms with Gasteiger partial charge in [0.2, 0.25) is 10.0 Å². The highest BCUT2D eigenvalue weighted by Gasteiger charge is 2.20. The van der Waals surface area contributed by atoms with E-state index in [0.717, 1.165) is 44.9 Å². The van der Waals surface area contributed by atoms with Crippen molar-refractivity contribution in [1.82, 2.24) is 4.72 Å². The van der Waals surface area contributed by atoms with Gasteiger partial charge in [0.1, 0.15) is 0 Å². The van der Waals surface area contributed by atoms with Crippen molar-refractivity contribution in [3.05, 3.63) is 0 Å². The van der Waals surface area contributed by atoms with Crippen molar-refractivity contribution in [2.45, 2.75) is 64.2 Å². The molecule has 1 rings (SSSR count). The summed E-state index contributed by atoms with van der Waals surface area (Å²) in [5.41, 5.74) is 0. The molecule has 0 saturated heterocycles. The minimum absolute atomic E-state index is 0.202. The summed E-state index contributed by atoms with van der Waals surface area (Å²) in [6.07, 6.45) is 9.00. The third-order valence-electron chi connectivity index (χ3n) is 3.82. The second kappa shape index (κ2) is 9.34. The lowest BCUT2D eigenvalue weighted by molar-refractivity contribution is -0.137. The summed E-state index contributed by atoms with van der Waals surface area (Å²) in [7, 11) is -3.13. The molecule has 118 valence electrons. The number of carboxylic acids is 1. The molecule has 1 aliphatic rings. The van der Waals surface area contributed by atoms with E-state index in [0.29, 0.717) is 18.9 Å². The quantitative estimate of drug-likeness (QED) is 0.607. The Labute approximate surface area is 122 Å². The number of hydrogen-bond acceptors (Lipinski definition) is 3. The van der Waals surface area contributed by atoms with Gasteiger partial charge >= 0.3 is 5.97 Å². The Bertz CT molecular complexity index is 375. The van der Waals surface area contributed by atoms with Crippen LogP contribution < -0.4 is 4.72 Å². The van der Waals surface area contributed by atoms with Crippen LogP contribution in [-0.4, -0.2) is 31.8 Å². The zero-order valence-corrected chi connectivity index (χ0v) is 13.0. The molecular formula is C14H27NO4S. The molecule has 2 N–H and O–H groups in total. The predicted molar refractivity (Wildman–Crippen MR) is 79.1 cm³/mol. The highest BCUT2D eigenvalue weighted by Crippen LogP contribution is 2.24. The number of rotatable bonds is 10. The van der Waals surface area contributed by atoms with Crippen LogP contribution in [0.1, 0.15) is 64.2 Å². The molecule has 0 aliphatic heterocycles. The summed E-state index contributed by atoms with van der Waals surface area (Å²) < 4.78 is 26.4. The second-order valence-corrected chi connectivity index (χ2v) is 7.59. The molecule has 6 heteroatoms. The van der Waals surface area contributed by atoms with E-state index in [2.05, 4.69) is 4.72 Å². The van der Waals surface area contributed by atoms with Crippen molar-refractivity contribution in [2.75, 3.05) is 12.3 Å². The van der Waals surface area contributed by atoms with E-state index in [1.807, 2.05) is 0 Å². The van der Waals surface area contributed by atoms with E-state index in [9.17, 15) is 13.2 Å². The number of carboxylic acid groups (broad SMARTS) is 1. The third-order valence-corrected chi connectivity index (χ3v) is 5.37. The first-order chi connectivity index (χ1) is 9.49. The Balaban J connectivity index is 2.05. The van der Waals surface area contributed by atoms with E-state index in [1.165, 1.54) is 6.42 Å². The first kappa shape index (κ1) is 17.4. The van der Waals surface area contributed by atoms with Crippen molar-refractivity contribution in [2.24, 2.45) is 5.92 Å². The van der Waals surface area contributed by atoms with E-state index in [4.69, 9.17) is 5.11 Å². The van der Waals surface area contributed by atoms with Gasteiger partial charge in [-0.05, 0) is 31.6 Å². The zero-order valence-electron chi connectivity index (χ0n) is 12.1. The van der Waals surface area contributed by atoms with E-state index in [1.54, 1.807) is 0 Å². The summed E-state index contributed by atoms with van der Waals surface area (Å²) >= 11 is 0. The molecule has 5 nitrogen and oxygen atoms in total. The summed E-state index contributed by atoms with van der Waals surface area (Å²) in [6, 6.07) is 0. The summed E-state index contributed by atoms with van der Waals surface area (Å²) in [5.74, 6) is -0.165. The predicted octanol–water partition coefficient (Wildman–Crippen LogP) is 2.52. The van der Waals surface area contributed by atoms with Gasteiger partial charge in [-0.3, -0.25) is 4.79 Å². The minimum Gasteiger partial charge on any atom is -0.481 e. The van der Waals surface area contributed by atoms with Crippen molar-refractivity contribution in [1.29, 1.82) is 0 Å². The van der Waals surface area contributed by atoms with Gasteiger partial charge in [0.25, 0.3) is 0 Å². The first-order valence-corrected chi connectivity index (χ1v) is 9.34. The molecule has 0 spiro atoms. The molecule has 0 aromatic carbocycles. The Kier molecular flexibility index (Phi) is 8.14. The Hall–Kier alpha value is -0.620. The van der Waals surface area contributed by atoms with Gasteiger partial charge in [0.15, 0.2) is 0 Å². The maximum atomic E-state index is 11.9. The molecular weight excluding hydrogens is 278 g/mol. The Morgan fingerprint density at radius 3 is 2.35 bits per heavy atom. The van der Waals surface area contributed by atoms with Gasteiger partial charge in [-0.2, -0.15) is 0 Å². The van der Waals surface area contributed by atoms with Gasteiger partial charge in [0.05, 0.1) is 5.75 Å². The van der Waals surface area contributed by atoms with Crippen LogP contribution in [0, 0.1) is 5.92 Å². The van der Waals surface area contributed by atoms with Crippen LogP contribution >= 0.6 is 0 Å². The van der Waals surface area contributed by atoms with Crippen LogP contribution in [0.15, 0.2) is 0 Å². The van der Waals surface area contributed by atoms with Crippen LogP contribution in [0.5, 0.6) is 0 Å². The molecule has 0 unspecified atom stereocenters. The molecule has 1 aliphatic carbocycles. The van der Waals surface area contributed by atoms with E-state index in [-0.39, 0.29) is 12.2 Å². The van der Waals surface area contributed by atoms with Gasteiger partial charge < -0.3 is 5.11 Å². The zero-order chi connectivity index (χ0) is 14.8. The van der Waals surface area contributed by atoms with Crippen LogP contribution in [0.25, 0.3) is 0 Å². The molecule has 1 saturated carbocycles. The summed E-state index contributed by atoms with van der Waals surface area (Å²) in [5, 5.41) is 8.49. The molecule has 0 heterocycles. The number of nitrogens with one attached hydrogen (secondary N) is 1. The SMILES string of the molecule is O=C(O)CCCCCCNS(=O)(=O)CC1CCCCC1. The molecule has 0 radical (unpaired) electrons. The van der Waals surface area contributed by atoms with Crippen LogP contribution in [0.2, 0.25) is 0 Å². The summed E-state index contributed by atoms with van der Waals surface area (Å²) in [6.45, 7) is 0.474. The number of sulfonamides is 1. The number of hydrogen-bond donors (Lipinski definition) is 2. The van der Waals surface area contributed by atoms with Crippen molar-refractivity contribution < 1.29 is 18.3 Å². The van der Waals surface area contributed by atoms with Crippen LogP contribution in [0.4, 0.5) is 0 Å². The van der Waals surface area contributed by atoms with Crippen molar-refractivity contribution in [3.63, 3.8) is 0 Å². The number of carbonyl (C=O) groups is 1. The van der Waals surface area contributed by atoms with Gasteiger partial charge in [-0.1, -0.05) is 32.1 Å². The standard InChI is InChI=1S/C14H27NO4S/c16-14(17)10-6-1-2-7-11-15-20(18,19)12-13-8-4-3-5-9-13/h13,15H,1-12H2,(H,16,17). The lowest BCUT2D eigenvalue weighted by Gasteiger charge is -2.21. The first-order valence-electron chi connectivity index (χ1n) is 7.69. The highest BCUT2D eigenvalue weighted by atomic mass is 32.2. The van der Waals surface area contributed by atoms with Gasteiger partial charge in [0, 0.05) is 13.0 Å². The fourth-order valence-electron chi connectivity index (χ4n) is 2.71.